The standard InChI is InChI=1S/C17H20N4O/c18-12-15-10-13(6-7-19-15)17(22)20-14-4-3-5-16(11-14)21-8-1-2-9-21/h3-7,10-11H,1-2,8-9,12,18H2,(H,20,22). The molecule has 1 aromatic carbocycles. The van der Waals surface area contributed by atoms with Gasteiger partial charge in [0.15, 0.2) is 0 Å². The molecular formula is C17H20N4O. The van der Waals surface area contributed by atoms with Crippen LogP contribution in [0.3, 0.4) is 0 Å². The highest BCUT2D eigenvalue weighted by molar-refractivity contribution is 6.04. The third-order valence-corrected chi connectivity index (χ3v) is 3.86. The average Bonchev–Trinajstić information content (AvgIpc) is 3.10. The quantitative estimate of drug-likeness (QED) is 0.909. The lowest BCUT2D eigenvalue weighted by Crippen LogP contribution is -2.18. The smallest absolute Gasteiger partial charge is 0.255 e. The van der Waals surface area contributed by atoms with Crippen molar-refractivity contribution in [1.29, 1.82) is 0 Å². The van der Waals surface area contributed by atoms with E-state index in [1.54, 1.807) is 18.3 Å². The Morgan fingerprint density at radius 2 is 2.05 bits per heavy atom. The lowest BCUT2D eigenvalue weighted by molar-refractivity contribution is 0.102. The maximum atomic E-state index is 12.3. The summed E-state index contributed by atoms with van der Waals surface area (Å²) in [6.07, 6.45) is 4.07. The van der Waals surface area contributed by atoms with Crippen molar-refractivity contribution in [3.05, 3.63) is 53.9 Å². The number of amides is 1. The van der Waals surface area contributed by atoms with Crippen LogP contribution in [0.5, 0.6) is 0 Å². The lowest BCUT2D eigenvalue weighted by Gasteiger charge is -2.18. The predicted molar refractivity (Wildman–Crippen MR) is 88.0 cm³/mol. The molecule has 3 rings (SSSR count). The van der Waals surface area contributed by atoms with Gasteiger partial charge in [-0.15, -0.1) is 0 Å². The summed E-state index contributed by atoms with van der Waals surface area (Å²) < 4.78 is 0. The van der Waals surface area contributed by atoms with Crippen LogP contribution in [0.4, 0.5) is 11.4 Å². The number of nitrogens with one attached hydrogen (secondary N) is 1. The molecule has 1 amide bonds. The SMILES string of the molecule is NCc1cc(C(=O)Nc2cccc(N3CCCC3)c2)ccn1. The number of anilines is 2. The fourth-order valence-electron chi connectivity index (χ4n) is 2.69. The molecule has 0 radical (unpaired) electrons. The van der Waals surface area contributed by atoms with Gasteiger partial charge in [-0.05, 0) is 43.2 Å². The molecule has 0 saturated carbocycles. The number of nitrogens with two attached hydrogens (primary N) is 1. The van der Waals surface area contributed by atoms with Crippen molar-refractivity contribution < 1.29 is 4.79 Å². The average molecular weight is 296 g/mol. The number of pyridine rings is 1. The zero-order valence-electron chi connectivity index (χ0n) is 12.5. The molecule has 0 unspecified atom stereocenters. The largest absolute Gasteiger partial charge is 0.371 e. The van der Waals surface area contributed by atoms with E-state index in [-0.39, 0.29) is 5.91 Å². The molecule has 2 heterocycles. The van der Waals surface area contributed by atoms with Crippen molar-refractivity contribution >= 4 is 17.3 Å². The zero-order chi connectivity index (χ0) is 15.4. The first-order valence-electron chi connectivity index (χ1n) is 7.57. The third kappa shape index (κ3) is 3.26. The summed E-state index contributed by atoms with van der Waals surface area (Å²) in [6, 6.07) is 11.4. The minimum Gasteiger partial charge on any atom is -0.371 e. The van der Waals surface area contributed by atoms with Crippen LogP contribution >= 0.6 is 0 Å². The minimum atomic E-state index is -0.143. The van der Waals surface area contributed by atoms with Crippen LogP contribution in [0.15, 0.2) is 42.6 Å². The molecule has 0 spiro atoms. The Kier molecular flexibility index (Phi) is 4.34. The van der Waals surface area contributed by atoms with Gasteiger partial charge in [0.2, 0.25) is 0 Å². The van der Waals surface area contributed by atoms with E-state index in [2.05, 4.69) is 21.3 Å². The van der Waals surface area contributed by atoms with E-state index in [9.17, 15) is 4.79 Å². The molecule has 1 aromatic heterocycles. The summed E-state index contributed by atoms with van der Waals surface area (Å²) in [5.41, 5.74) is 8.81. The lowest BCUT2D eigenvalue weighted by atomic mass is 10.2. The number of hydrogen-bond donors (Lipinski definition) is 2. The summed E-state index contributed by atoms with van der Waals surface area (Å²) in [5, 5.41) is 2.94. The first-order valence-corrected chi connectivity index (χ1v) is 7.57. The van der Waals surface area contributed by atoms with Gasteiger partial charge in [-0.2, -0.15) is 0 Å². The summed E-state index contributed by atoms with van der Waals surface area (Å²) in [4.78, 5) is 18.8. The molecule has 1 fully saturated rings. The van der Waals surface area contributed by atoms with Crippen molar-refractivity contribution in [2.24, 2.45) is 5.73 Å². The second-order valence-electron chi connectivity index (χ2n) is 5.44. The number of carbonyl (C=O) groups is 1. The summed E-state index contributed by atoms with van der Waals surface area (Å²) in [5.74, 6) is -0.143. The van der Waals surface area contributed by atoms with Gasteiger partial charge in [0.25, 0.3) is 5.91 Å². The number of carbonyl (C=O) groups excluding carboxylic acids is 1. The van der Waals surface area contributed by atoms with Gasteiger partial charge in [0, 0.05) is 42.8 Å². The number of rotatable bonds is 4. The maximum Gasteiger partial charge on any atom is 0.255 e. The monoisotopic (exact) mass is 296 g/mol. The van der Waals surface area contributed by atoms with Crippen molar-refractivity contribution in [3.63, 3.8) is 0 Å². The van der Waals surface area contributed by atoms with Crippen LogP contribution in [-0.4, -0.2) is 24.0 Å². The fraction of sp³-hybridized carbons (Fsp3) is 0.294. The van der Waals surface area contributed by atoms with Crippen LogP contribution in [0.1, 0.15) is 28.9 Å². The van der Waals surface area contributed by atoms with Crippen LogP contribution in [0, 0.1) is 0 Å². The number of hydrogen-bond acceptors (Lipinski definition) is 4. The molecule has 22 heavy (non-hydrogen) atoms. The summed E-state index contributed by atoms with van der Waals surface area (Å²) in [6.45, 7) is 2.49. The molecule has 0 atom stereocenters. The topological polar surface area (TPSA) is 71.2 Å². The van der Waals surface area contributed by atoms with Gasteiger partial charge in [0.05, 0.1) is 5.69 Å². The minimum absolute atomic E-state index is 0.143. The Morgan fingerprint density at radius 1 is 1.23 bits per heavy atom. The van der Waals surface area contributed by atoms with E-state index in [1.807, 2.05) is 18.2 Å². The van der Waals surface area contributed by atoms with Gasteiger partial charge in [-0.1, -0.05) is 6.07 Å². The zero-order valence-corrected chi connectivity index (χ0v) is 12.5. The van der Waals surface area contributed by atoms with Crippen LogP contribution in [0.2, 0.25) is 0 Å². The van der Waals surface area contributed by atoms with E-state index in [0.717, 1.165) is 24.5 Å². The van der Waals surface area contributed by atoms with Gasteiger partial charge in [0.1, 0.15) is 0 Å². The second-order valence-corrected chi connectivity index (χ2v) is 5.44. The maximum absolute atomic E-state index is 12.3. The molecule has 1 saturated heterocycles. The van der Waals surface area contributed by atoms with Crippen molar-refractivity contribution in [2.45, 2.75) is 19.4 Å². The van der Waals surface area contributed by atoms with Gasteiger partial charge >= 0.3 is 0 Å². The van der Waals surface area contributed by atoms with Gasteiger partial charge in [-0.3, -0.25) is 9.78 Å². The second kappa shape index (κ2) is 6.58. The van der Waals surface area contributed by atoms with Crippen molar-refractivity contribution in [2.75, 3.05) is 23.3 Å². The Morgan fingerprint density at radius 3 is 2.82 bits per heavy atom. The van der Waals surface area contributed by atoms with E-state index in [4.69, 9.17) is 5.73 Å². The van der Waals surface area contributed by atoms with Gasteiger partial charge in [-0.25, -0.2) is 0 Å². The Bertz CT molecular complexity index is 665. The fourth-order valence-corrected chi connectivity index (χ4v) is 2.69. The van der Waals surface area contributed by atoms with E-state index in [1.165, 1.54) is 12.8 Å². The third-order valence-electron chi connectivity index (χ3n) is 3.86. The van der Waals surface area contributed by atoms with Gasteiger partial charge < -0.3 is 16.0 Å². The number of benzene rings is 1. The Hall–Kier alpha value is -2.40. The number of nitrogens with zero attached hydrogens (tertiary/aromatic N) is 2. The molecule has 2 aromatic rings. The van der Waals surface area contributed by atoms with Crippen LogP contribution in [0.25, 0.3) is 0 Å². The molecule has 3 N–H and O–H groups in total. The molecular weight excluding hydrogens is 276 g/mol. The Balaban J connectivity index is 1.74. The molecule has 5 nitrogen and oxygen atoms in total. The molecule has 1 aliphatic rings. The highest BCUT2D eigenvalue weighted by atomic mass is 16.1. The molecule has 1 aliphatic heterocycles. The first kappa shape index (κ1) is 14.5. The summed E-state index contributed by atoms with van der Waals surface area (Å²) >= 11 is 0. The summed E-state index contributed by atoms with van der Waals surface area (Å²) in [7, 11) is 0. The highest BCUT2D eigenvalue weighted by Crippen LogP contribution is 2.23. The van der Waals surface area contributed by atoms with E-state index >= 15 is 0 Å². The molecule has 5 heteroatoms. The normalized spacial score (nSPS) is 14.1. The number of aromatic nitrogens is 1. The van der Waals surface area contributed by atoms with Crippen LogP contribution < -0.4 is 16.0 Å². The Labute approximate surface area is 130 Å². The van der Waals surface area contributed by atoms with Crippen molar-refractivity contribution in [1.82, 2.24) is 4.98 Å². The van der Waals surface area contributed by atoms with E-state index < -0.39 is 0 Å². The van der Waals surface area contributed by atoms with Crippen molar-refractivity contribution in [3.8, 4) is 0 Å². The first-order chi connectivity index (χ1) is 10.8. The van der Waals surface area contributed by atoms with Crippen LogP contribution in [-0.2, 0) is 6.54 Å². The predicted octanol–water partition coefficient (Wildman–Crippen LogP) is 2.39. The highest BCUT2D eigenvalue weighted by Gasteiger charge is 2.13. The van der Waals surface area contributed by atoms with E-state index in [0.29, 0.717) is 17.8 Å². The molecule has 0 bridgehead atoms. The molecule has 114 valence electrons. The molecule has 0 aliphatic carbocycles.